The molecule has 8 nitrogen and oxygen atoms in total. The molecule has 1 aliphatic rings. The zero-order valence-electron chi connectivity index (χ0n) is 12.5. The van der Waals surface area contributed by atoms with Crippen LogP contribution in [0, 0.1) is 6.92 Å². The van der Waals surface area contributed by atoms with Crippen molar-refractivity contribution in [1.29, 1.82) is 0 Å². The van der Waals surface area contributed by atoms with Crippen LogP contribution in [0.2, 0.25) is 5.02 Å². The van der Waals surface area contributed by atoms with Gasteiger partial charge in [-0.25, -0.2) is 9.67 Å². The van der Waals surface area contributed by atoms with Gasteiger partial charge in [0.1, 0.15) is 6.33 Å². The number of aryl methyl sites for hydroxylation is 1. The molecule has 5 rings (SSSR count). The number of hydrogen-bond donors (Lipinski definition) is 0. The fraction of sp³-hybridized carbons (Fsp3) is 0.133. The highest BCUT2D eigenvalue weighted by molar-refractivity contribution is 6.30. The van der Waals surface area contributed by atoms with E-state index < -0.39 is 0 Å². The molecule has 1 aliphatic heterocycles. The van der Waals surface area contributed by atoms with Gasteiger partial charge < -0.3 is 4.52 Å². The first kappa shape index (κ1) is 13.4. The Morgan fingerprint density at radius 3 is 3.00 bits per heavy atom. The maximum Gasteiger partial charge on any atom is 0.278 e. The number of aromatic nitrogens is 7. The summed E-state index contributed by atoms with van der Waals surface area (Å²) in [6, 6.07) is 5.63. The Morgan fingerprint density at radius 2 is 2.17 bits per heavy atom. The van der Waals surface area contributed by atoms with Crippen molar-refractivity contribution in [3.63, 3.8) is 0 Å². The van der Waals surface area contributed by atoms with Crippen molar-refractivity contribution in [2.45, 2.75) is 13.3 Å². The van der Waals surface area contributed by atoms with E-state index >= 15 is 0 Å². The lowest BCUT2D eigenvalue weighted by atomic mass is 10.2. The lowest BCUT2D eigenvalue weighted by molar-refractivity contribution is 0.424. The summed E-state index contributed by atoms with van der Waals surface area (Å²) in [6.45, 7) is 1.78. The van der Waals surface area contributed by atoms with Gasteiger partial charge in [-0.05, 0) is 25.1 Å². The van der Waals surface area contributed by atoms with E-state index in [1.54, 1.807) is 24.1 Å². The Bertz CT molecular complexity index is 1080. The van der Waals surface area contributed by atoms with Gasteiger partial charge >= 0.3 is 0 Å². The molecule has 0 aliphatic carbocycles. The van der Waals surface area contributed by atoms with Gasteiger partial charge in [-0.15, -0.1) is 5.10 Å². The number of benzene rings is 1. The average molecular weight is 340 g/mol. The molecule has 0 saturated heterocycles. The van der Waals surface area contributed by atoms with Crippen LogP contribution < -0.4 is 0 Å². The SMILES string of the molecule is Cc1noc(-c2ncn3c2Cc2cnnn2-c2cc(Cl)ccc2-3)n1. The molecular formula is C15H10ClN7O. The van der Waals surface area contributed by atoms with Crippen LogP contribution in [0.5, 0.6) is 0 Å². The van der Waals surface area contributed by atoms with Crippen LogP contribution in [-0.4, -0.2) is 34.7 Å². The molecule has 0 atom stereocenters. The minimum Gasteiger partial charge on any atom is -0.332 e. The molecule has 4 heterocycles. The van der Waals surface area contributed by atoms with Crippen molar-refractivity contribution in [1.82, 2.24) is 34.7 Å². The van der Waals surface area contributed by atoms with Crippen molar-refractivity contribution in [2.24, 2.45) is 0 Å². The van der Waals surface area contributed by atoms with E-state index in [-0.39, 0.29) is 0 Å². The maximum absolute atomic E-state index is 6.17. The van der Waals surface area contributed by atoms with E-state index in [0.29, 0.717) is 28.9 Å². The van der Waals surface area contributed by atoms with Crippen LogP contribution in [0.3, 0.4) is 0 Å². The van der Waals surface area contributed by atoms with Crippen molar-refractivity contribution < 1.29 is 4.52 Å². The summed E-state index contributed by atoms with van der Waals surface area (Å²) in [7, 11) is 0. The summed E-state index contributed by atoms with van der Waals surface area (Å²) in [5.74, 6) is 0.969. The summed E-state index contributed by atoms with van der Waals surface area (Å²) >= 11 is 6.17. The number of imidazole rings is 1. The number of halogens is 1. The fourth-order valence-corrected chi connectivity index (χ4v) is 3.11. The minimum atomic E-state index is 0.401. The highest BCUT2D eigenvalue weighted by atomic mass is 35.5. The van der Waals surface area contributed by atoms with Crippen LogP contribution in [0.1, 0.15) is 17.2 Å². The molecule has 9 heteroatoms. The molecule has 1 aromatic carbocycles. The highest BCUT2D eigenvalue weighted by Gasteiger charge is 2.26. The van der Waals surface area contributed by atoms with Gasteiger partial charge in [-0.3, -0.25) is 4.57 Å². The number of fused-ring (bicyclic) bond motifs is 5. The Morgan fingerprint density at radius 1 is 1.25 bits per heavy atom. The van der Waals surface area contributed by atoms with Crippen LogP contribution in [0.15, 0.2) is 35.2 Å². The van der Waals surface area contributed by atoms with Crippen LogP contribution in [0.4, 0.5) is 0 Å². The highest BCUT2D eigenvalue weighted by Crippen LogP contribution is 2.33. The van der Waals surface area contributed by atoms with Crippen LogP contribution >= 0.6 is 11.6 Å². The first-order valence-corrected chi connectivity index (χ1v) is 7.65. The predicted octanol–water partition coefficient (Wildman–Crippen LogP) is 2.37. The molecule has 24 heavy (non-hydrogen) atoms. The lowest BCUT2D eigenvalue weighted by Crippen LogP contribution is -2.03. The second-order valence-corrected chi connectivity index (χ2v) is 5.94. The molecule has 0 fully saturated rings. The van der Waals surface area contributed by atoms with E-state index in [0.717, 1.165) is 22.8 Å². The minimum absolute atomic E-state index is 0.401. The molecule has 4 aromatic rings. The second-order valence-electron chi connectivity index (χ2n) is 5.50. The smallest absolute Gasteiger partial charge is 0.278 e. The van der Waals surface area contributed by atoms with Gasteiger partial charge in [0.15, 0.2) is 11.5 Å². The van der Waals surface area contributed by atoms with E-state index in [9.17, 15) is 0 Å². The van der Waals surface area contributed by atoms with Gasteiger partial charge in [0.2, 0.25) is 0 Å². The topological polar surface area (TPSA) is 87.5 Å². The fourth-order valence-electron chi connectivity index (χ4n) is 2.94. The number of nitrogens with zero attached hydrogens (tertiary/aromatic N) is 7. The molecule has 0 radical (unpaired) electrons. The third kappa shape index (κ3) is 1.83. The zero-order valence-corrected chi connectivity index (χ0v) is 13.3. The molecule has 0 N–H and O–H groups in total. The van der Waals surface area contributed by atoms with E-state index in [2.05, 4.69) is 25.4 Å². The summed E-state index contributed by atoms with van der Waals surface area (Å²) in [5, 5.41) is 12.7. The van der Waals surface area contributed by atoms with E-state index in [1.807, 2.05) is 22.8 Å². The van der Waals surface area contributed by atoms with Crippen molar-refractivity contribution >= 4 is 11.6 Å². The van der Waals surface area contributed by atoms with E-state index in [1.165, 1.54) is 0 Å². The van der Waals surface area contributed by atoms with Gasteiger partial charge in [0.25, 0.3) is 5.89 Å². The van der Waals surface area contributed by atoms with Crippen LogP contribution in [-0.2, 0) is 6.42 Å². The van der Waals surface area contributed by atoms with Crippen molar-refractivity contribution in [3.8, 4) is 23.0 Å². The van der Waals surface area contributed by atoms with Crippen molar-refractivity contribution in [2.75, 3.05) is 0 Å². The molecule has 0 saturated carbocycles. The Labute approximate surface area is 140 Å². The van der Waals surface area contributed by atoms with Gasteiger partial charge in [0.05, 0.1) is 29.0 Å². The molecule has 0 unspecified atom stereocenters. The predicted molar refractivity (Wildman–Crippen MR) is 84.3 cm³/mol. The summed E-state index contributed by atoms with van der Waals surface area (Å²) < 4.78 is 9.08. The summed E-state index contributed by atoms with van der Waals surface area (Å²) in [6.07, 6.45) is 4.06. The standard InChI is InChI=1S/C15H10ClN7O/c1-8-19-15(24-20-8)14-13-5-10-6-18-21-23(10)12-4-9(16)2-3-11(12)22(13)7-17-14/h2-4,6-7H,5H2,1H3. The first-order valence-electron chi connectivity index (χ1n) is 7.27. The number of hydrogen-bond acceptors (Lipinski definition) is 6. The van der Waals surface area contributed by atoms with Gasteiger partial charge in [-0.1, -0.05) is 22.0 Å². The Kier molecular flexibility index (Phi) is 2.66. The Hall–Kier alpha value is -3.00. The van der Waals surface area contributed by atoms with Gasteiger partial charge in [0, 0.05) is 11.4 Å². The maximum atomic E-state index is 6.17. The monoisotopic (exact) mass is 339 g/mol. The molecule has 3 aromatic heterocycles. The quantitative estimate of drug-likeness (QED) is 0.466. The molecular weight excluding hydrogens is 330 g/mol. The normalized spacial score (nSPS) is 12.4. The first-order chi connectivity index (χ1) is 11.7. The van der Waals surface area contributed by atoms with E-state index in [4.69, 9.17) is 16.1 Å². The molecule has 0 bridgehead atoms. The molecule has 0 amide bonds. The molecule has 0 spiro atoms. The van der Waals surface area contributed by atoms with Crippen molar-refractivity contribution in [3.05, 3.63) is 53.0 Å². The zero-order chi connectivity index (χ0) is 16.3. The summed E-state index contributed by atoms with van der Waals surface area (Å²) in [4.78, 5) is 8.78. The number of rotatable bonds is 1. The second kappa shape index (κ2) is 4.75. The lowest BCUT2D eigenvalue weighted by Gasteiger charge is -2.09. The third-order valence-electron chi connectivity index (χ3n) is 3.99. The largest absolute Gasteiger partial charge is 0.332 e. The third-order valence-corrected chi connectivity index (χ3v) is 4.23. The van der Waals surface area contributed by atoms with Crippen LogP contribution in [0.25, 0.3) is 23.0 Å². The Balaban J connectivity index is 1.81. The summed E-state index contributed by atoms with van der Waals surface area (Å²) in [5.41, 5.74) is 4.28. The van der Waals surface area contributed by atoms with Gasteiger partial charge in [-0.2, -0.15) is 4.98 Å². The average Bonchev–Trinajstić information content (AvgIpc) is 3.27. The molecule has 118 valence electrons.